The molecule has 0 bridgehead atoms. The van der Waals surface area contributed by atoms with Crippen molar-refractivity contribution in [2.75, 3.05) is 4.90 Å². The first-order chi connectivity index (χ1) is 9.06. The van der Waals surface area contributed by atoms with Crippen LogP contribution in [-0.4, -0.2) is 11.0 Å². The van der Waals surface area contributed by atoms with Crippen molar-refractivity contribution in [2.24, 2.45) is 5.73 Å². The summed E-state index contributed by atoms with van der Waals surface area (Å²) >= 11 is 11.7. The molecule has 98 valence electrons. The second-order valence-corrected chi connectivity index (χ2v) is 4.66. The zero-order valence-corrected chi connectivity index (χ0v) is 11.4. The van der Waals surface area contributed by atoms with E-state index >= 15 is 0 Å². The maximum Gasteiger partial charge on any atom is 0.319 e. The third-order valence-corrected chi connectivity index (χ3v) is 2.90. The normalized spacial score (nSPS) is 10.2. The molecule has 2 rings (SSSR count). The van der Waals surface area contributed by atoms with Gasteiger partial charge < -0.3 is 5.73 Å². The van der Waals surface area contributed by atoms with Crippen LogP contribution in [0.15, 0.2) is 42.5 Å². The number of hydrogen-bond acceptors (Lipinski definition) is 2. The topological polar surface area (TPSA) is 59.2 Å². The molecule has 0 spiro atoms. The Hall–Kier alpha value is -1.78. The van der Waals surface area contributed by atoms with Crippen LogP contribution in [0, 0.1) is 0 Å². The molecule has 19 heavy (non-hydrogen) atoms. The number of nitrogens with zero attached hydrogens (tertiary/aromatic N) is 2. The molecular weight excluding hydrogens is 285 g/mol. The number of carbonyl (C=O) groups is 1. The Morgan fingerprint density at radius 3 is 2.26 bits per heavy atom. The molecule has 1 aromatic heterocycles. The van der Waals surface area contributed by atoms with Gasteiger partial charge >= 0.3 is 6.03 Å². The van der Waals surface area contributed by atoms with Crippen LogP contribution in [0.5, 0.6) is 0 Å². The smallest absolute Gasteiger partial charge is 0.319 e. The lowest BCUT2D eigenvalue weighted by Crippen LogP contribution is -2.35. The molecular formula is C13H11Cl2N3O. The number of primary amides is 1. The average molecular weight is 296 g/mol. The Balaban J connectivity index is 2.32. The van der Waals surface area contributed by atoms with Crippen LogP contribution in [0.2, 0.25) is 10.3 Å². The summed E-state index contributed by atoms with van der Waals surface area (Å²) < 4.78 is 0. The van der Waals surface area contributed by atoms with Gasteiger partial charge in [-0.3, -0.25) is 4.90 Å². The third-order valence-electron chi connectivity index (χ3n) is 2.51. The van der Waals surface area contributed by atoms with Gasteiger partial charge in [-0.1, -0.05) is 53.5 Å². The van der Waals surface area contributed by atoms with Crippen LogP contribution in [0.25, 0.3) is 0 Å². The Kier molecular flexibility index (Phi) is 4.24. The number of anilines is 1. The first-order valence-electron chi connectivity index (χ1n) is 5.50. The van der Waals surface area contributed by atoms with Gasteiger partial charge in [0.1, 0.15) is 10.3 Å². The molecule has 6 heteroatoms. The summed E-state index contributed by atoms with van der Waals surface area (Å²) in [5.74, 6) is 0. The van der Waals surface area contributed by atoms with Crippen molar-refractivity contribution in [3.05, 3.63) is 58.3 Å². The predicted molar refractivity (Wildman–Crippen MR) is 76.5 cm³/mol. The molecule has 0 saturated heterocycles. The minimum Gasteiger partial charge on any atom is -0.351 e. The number of halogens is 2. The number of urea groups is 1. The van der Waals surface area contributed by atoms with E-state index in [4.69, 9.17) is 28.9 Å². The predicted octanol–water partition coefficient (Wildman–Crippen LogP) is 3.47. The highest BCUT2D eigenvalue weighted by Crippen LogP contribution is 2.23. The van der Waals surface area contributed by atoms with Gasteiger partial charge in [-0.2, -0.15) is 0 Å². The van der Waals surface area contributed by atoms with Gasteiger partial charge in [0.2, 0.25) is 0 Å². The van der Waals surface area contributed by atoms with Crippen molar-refractivity contribution in [3.63, 3.8) is 0 Å². The average Bonchev–Trinajstić information content (AvgIpc) is 2.35. The van der Waals surface area contributed by atoms with Crippen molar-refractivity contribution < 1.29 is 4.79 Å². The van der Waals surface area contributed by atoms with Gasteiger partial charge in [0, 0.05) is 0 Å². The van der Waals surface area contributed by atoms with Crippen LogP contribution in [0.1, 0.15) is 5.56 Å². The van der Waals surface area contributed by atoms with Crippen molar-refractivity contribution in [3.8, 4) is 0 Å². The Morgan fingerprint density at radius 1 is 1.16 bits per heavy atom. The molecule has 0 aliphatic carbocycles. The highest BCUT2D eigenvalue weighted by atomic mass is 35.5. The molecule has 0 fully saturated rings. The van der Waals surface area contributed by atoms with Crippen molar-refractivity contribution in [1.82, 2.24) is 4.98 Å². The van der Waals surface area contributed by atoms with E-state index < -0.39 is 6.03 Å². The summed E-state index contributed by atoms with van der Waals surface area (Å²) in [6, 6.07) is 12.0. The quantitative estimate of drug-likeness (QED) is 0.882. The number of pyridine rings is 1. The largest absolute Gasteiger partial charge is 0.351 e. The third kappa shape index (κ3) is 3.59. The summed E-state index contributed by atoms with van der Waals surface area (Å²) in [7, 11) is 0. The van der Waals surface area contributed by atoms with E-state index in [0.29, 0.717) is 12.2 Å². The zero-order chi connectivity index (χ0) is 13.8. The molecule has 0 radical (unpaired) electrons. The summed E-state index contributed by atoms with van der Waals surface area (Å²) in [5, 5.41) is 0.420. The number of hydrogen-bond donors (Lipinski definition) is 1. The summed E-state index contributed by atoms with van der Waals surface area (Å²) in [6.45, 7) is 0.340. The second kappa shape index (κ2) is 5.91. The van der Waals surface area contributed by atoms with Crippen molar-refractivity contribution in [2.45, 2.75) is 6.54 Å². The fraction of sp³-hybridized carbons (Fsp3) is 0.0769. The Morgan fingerprint density at radius 2 is 1.74 bits per heavy atom. The van der Waals surface area contributed by atoms with Gasteiger partial charge in [-0.25, -0.2) is 9.78 Å². The van der Waals surface area contributed by atoms with Gasteiger partial charge in [-0.15, -0.1) is 0 Å². The molecule has 1 aromatic carbocycles. The number of benzene rings is 1. The lowest BCUT2D eigenvalue weighted by Gasteiger charge is -2.20. The number of amides is 2. The van der Waals surface area contributed by atoms with E-state index in [9.17, 15) is 4.79 Å². The number of rotatable bonds is 3. The molecule has 0 aliphatic rings. The molecule has 0 atom stereocenters. The number of carbonyl (C=O) groups excluding carboxylic acids is 1. The fourth-order valence-electron chi connectivity index (χ4n) is 1.67. The van der Waals surface area contributed by atoms with Gasteiger partial charge in [-0.05, 0) is 17.7 Å². The van der Waals surface area contributed by atoms with E-state index in [0.717, 1.165) is 5.56 Å². The van der Waals surface area contributed by atoms with Crippen LogP contribution >= 0.6 is 23.2 Å². The van der Waals surface area contributed by atoms with Gasteiger partial charge in [0.25, 0.3) is 0 Å². The van der Waals surface area contributed by atoms with Gasteiger partial charge in [0.15, 0.2) is 0 Å². The molecule has 1 heterocycles. The lowest BCUT2D eigenvalue weighted by molar-refractivity contribution is 0.253. The highest BCUT2D eigenvalue weighted by molar-refractivity contribution is 6.33. The Labute approximate surface area is 120 Å². The molecule has 2 amide bonds. The van der Waals surface area contributed by atoms with Crippen LogP contribution in [0.4, 0.5) is 10.5 Å². The SMILES string of the molecule is NC(=O)N(Cc1ccccc1)c1cc(Cl)nc(Cl)c1. The summed E-state index contributed by atoms with van der Waals surface area (Å²) in [4.78, 5) is 16.8. The van der Waals surface area contributed by atoms with E-state index in [2.05, 4.69) is 4.98 Å². The van der Waals surface area contributed by atoms with Gasteiger partial charge in [0.05, 0.1) is 12.2 Å². The van der Waals surface area contributed by atoms with Crippen molar-refractivity contribution in [1.29, 1.82) is 0 Å². The molecule has 2 N–H and O–H groups in total. The van der Waals surface area contributed by atoms with E-state index in [1.165, 1.54) is 4.90 Å². The maximum atomic E-state index is 11.6. The Bertz CT molecular complexity index is 569. The minimum absolute atomic E-state index is 0.210. The number of aromatic nitrogens is 1. The van der Waals surface area contributed by atoms with Crippen molar-refractivity contribution >= 4 is 34.9 Å². The highest BCUT2D eigenvalue weighted by Gasteiger charge is 2.14. The minimum atomic E-state index is -0.581. The van der Waals surface area contributed by atoms with Crippen LogP contribution < -0.4 is 10.6 Å². The van der Waals surface area contributed by atoms with Crippen LogP contribution in [0.3, 0.4) is 0 Å². The standard InChI is InChI=1S/C13H11Cl2N3O/c14-11-6-10(7-12(15)17-11)18(13(16)19)8-9-4-2-1-3-5-9/h1-7H,8H2,(H2,16,19). The van der Waals surface area contributed by atoms with Crippen LogP contribution in [-0.2, 0) is 6.54 Å². The first kappa shape index (κ1) is 13.6. The fourth-order valence-corrected chi connectivity index (χ4v) is 2.12. The monoisotopic (exact) mass is 295 g/mol. The second-order valence-electron chi connectivity index (χ2n) is 3.88. The molecule has 4 nitrogen and oxygen atoms in total. The lowest BCUT2D eigenvalue weighted by atomic mass is 10.2. The van der Waals surface area contributed by atoms with E-state index in [1.54, 1.807) is 12.1 Å². The zero-order valence-electron chi connectivity index (χ0n) is 9.88. The maximum absolute atomic E-state index is 11.6. The first-order valence-corrected chi connectivity index (χ1v) is 6.26. The summed E-state index contributed by atoms with van der Waals surface area (Å²) in [6.07, 6.45) is 0. The molecule has 0 unspecified atom stereocenters. The molecule has 2 aromatic rings. The number of nitrogens with two attached hydrogens (primary N) is 1. The summed E-state index contributed by atoms with van der Waals surface area (Å²) in [5.41, 5.74) is 6.86. The van der Waals surface area contributed by atoms with E-state index in [-0.39, 0.29) is 10.3 Å². The van der Waals surface area contributed by atoms with E-state index in [1.807, 2.05) is 30.3 Å². The molecule has 0 saturated carbocycles. The molecule has 0 aliphatic heterocycles.